The Morgan fingerprint density at radius 1 is 1.40 bits per heavy atom. The fraction of sp³-hybridized carbons (Fsp3) is 0.500. The number of rotatable bonds is 3. The molecule has 1 fully saturated rings. The number of nitrogens with zero attached hydrogens (tertiary/aromatic N) is 1. The molecule has 0 radical (unpaired) electrons. The van der Waals surface area contributed by atoms with E-state index >= 15 is 0 Å². The van der Waals surface area contributed by atoms with E-state index in [2.05, 4.69) is 10.3 Å². The maximum atomic E-state index is 5.66. The minimum absolute atomic E-state index is 0. The highest BCUT2D eigenvalue weighted by molar-refractivity contribution is 5.85. The molecule has 0 aromatic carbocycles. The lowest BCUT2D eigenvalue weighted by Crippen LogP contribution is -2.16. The Bertz CT molecular complexity index is 253. The second-order valence-electron chi connectivity index (χ2n) is 3.25. The molecular formula is C10H16Cl2N2O. The molecule has 1 aromatic heterocycles. The fourth-order valence-corrected chi connectivity index (χ4v) is 1.46. The Kier molecular flexibility index (Phi) is 7.70. The van der Waals surface area contributed by atoms with Crippen LogP contribution >= 0.6 is 24.8 Å². The second kappa shape index (κ2) is 7.88. The number of pyridine rings is 1. The highest BCUT2D eigenvalue weighted by Crippen LogP contribution is 2.06. The summed E-state index contributed by atoms with van der Waals surface area (Å²) in [6.07, 6.45) is 3.29. The van der Waals surface area contributed by atoms with Crippen LogP contribution in [0, 0.1) is 0 Å². The third-order valence-corrected chi connectivity index (χ3v) is 2.21. The Morgan fingerprint density at radius 2 is 2.27 bits per heavy atom. The van der Waals surface area contributed by atoms with Crippen molar-refractivity contribution in [3.8, 4) is 0 Å². The first-order valence-electron chi connectivity index (χ1n) is 4.67. The maximum Gasteiger partial charge on any atom is 0.0892 e. The van der Waals surface area contributed by atoms with Gasteiger partial charge in [0.15, 0.2) is 0 Å². The first-order valence-corrected chi connectivity index (χ1v) is 4.67. The zero-order chi connectivity index (χ0) is 8.93. The fourth-order valence-electron chi connectivity index (χ4n) is 1.46. The Labute approximate surface area is 102 Å². The molecule has 3 nitrogen and oxygen atoms in total. The number of nitrogens with one attached hydrogen (secondary N) is 1. The summed E-state index contributed by atoms with van der Waals surface area (Å²) in [6.45, 7) is 2.69. The van der Waals surface area contributed by atoms with Gasteiger partial charge in [-0.3, -0.25) is 4.98 Å². The summed E-state index contributed by atoms with van der Waals surface area (Å²) in [4.78, 5) is 4.19. The smallest absolute Gasteiger partial charge is 0.0892 e. The Hall–Kier alpha value is -0.350. The van der Waals surface area contributed by atoms with Crippen LogP contribution in [0.15, 0.2) is 24.4 Å². The molecule has 1 unspecified atom stereocenters. The Balaban J connectivity index is 0.000000980. The molecule has 5 heteroatoms. The minimum atomic E-state index is 0. The van der Waals surface area contributed by atoms with Gasteiger partial charge in [-0.05, 0) is 25.1 Å². The van der Waals surface area contributed by atoms with Gasteiger partial charge in [0.2, 0.25) is 0 Å². The number of ether oxygens (including phenoxy) is 1. The van der Waals surface area contributed by atoms with Gasteiger partial charge in [-0.1, -0.05) is 6.07 Å². The highest BCUT2D eigenvalue weighted by atomic mass is 35.5. The van der Waals surface area contributed by atoms with E-state index in [1.807, 2.05) is 18.2 Å². The quantitative estimate of drug-likeness (QED) is 0.889. The van der Waals surface area contributed by atoms with Gasteiger partial charge in [0.25, 0.3) is 0 Å². The topological polar surface area (TPSA) is 34.1 Å². The first kappa shape index (κ1) is 14.6. The van der Waals surface area contributed by atoms with Crippen LogP contribution in [0.2, 0.25) is 0 Å². The van der Waals surface area contributed by atoms with Gasteiger partial charge in [0, 0.05) is 12.7 Å². The summed E-state index contributed by atoms with van der Waals surface area (Å²) >= 11 is 0. The number of aromatic nitrogens is 1. The maximum absolute atomic E-state index is 5.66. The third-order valence-electron chi connectivity index (χ3n) is 2.21. The van der Waals surface area contributed by atoms with Crippen molar-refractivity contribution in [2.24, 2.45) is 0 Å². The highest BCUT2D eigenvalue weighted by Gasteiger charge is 2.14. The van der Waals surface area contributed by atoms with Crippen molar-refractivity contribution in [1.82, 2.24) is 10.3 Å². The van der Waals surface area contributed by atoms with Gasteiger partial charge < -0.3 is 10.1 Å². The molecule has 15 heavy (non-hydrogen) atoms. The lowest BCUT2D eigenvalue weighted by atomic mass is 10.3. The number of hydrogen-bond donors (Lipinski definition) is 1. The van der Waals surface area contributed by atoms with E-state index in [0.717, 1.165) is 25.2 Å². The summed E-state index contributed by atoms with van der Waals surface area (Å²) < 4.78 is 5.66. The van der Waals surface area contributed by atoms with Crippen molar-refractivity contribution >= 4 is 24.8 Å². The zero-order valence-corrected chi connectivity index (χ0v) is 10.0. The van der Waals surface area contributed by atoms with Crippen molar-refractivity contribution < 1.29 is 4.74 Å². The van der Waals surface area contributed by atoms with Gasteiger partial charge in [0.05, 0.1) is 18.4 Å². The normalized spacial score (nSPS) is 19.1. The van der Waals surface area contributed by atoms with Crippen molar-refractivity contribution in [2.75, 3.05) is 13.1 Å². The summed E-state index contributed by atoms with van der Waals surface area (Å²) in [7, 11) is 0. The molecule has 1 atom stereocenters. The van der Waals surface area contributed by atoms with Crippen LogP contribution in [0.5, 0.6) is 0 Å². The van der Waals surface area contributed by atoms with E-state index in [1.165, 1.54) is 0 Å². The third kappa shape index (κ3) is 4.80. The van der Waals surface area contributed by atoms with Gasteiger partial charge in [0.1, 0.15) is 0 Å². The summed E-state index contributed by atoms with van der Waals surface area (Å²) in [5, 5.41) is 3.26. The molecule has 0 amide bonds. The molecule has 0 saturated carbocycles. The van der Waals surface area contributed by atoms with Gasteiger partial charge in [-0.25, -0.2) is 0 Å². The molecule has 86 valence electrons. The van der Waals surface area contributed by atoms with Crippen molar-refractivity contribution in [3.63, 3.8) is 0 Å². The van der Waals surface area contributed by atoms with Crippen molar-refractivity contribution in [3.05, 3.63) is 30.1 Å². The molecule has 2 heterocycles. The second-order valence-corrected chi connectivity index (χ2v) is 3.25. The lowest BCUT2D eigenvalue weighted by molar-refractivity contribution is 0.0522. The number of hydrogen-bond acceptors (Lipinski definition) is 3. The van der Waals surface area contributed by atoms with E-state index in [4.69, 9.17) is 4.74 Å². The van der Waals surface area contributed by atoms with Crippen LogP contribution < -0.4 is 5.32 Å². The van der Waals surface area contributed by atoms with Gasteiger partial charge >= 0.3 is 0 Å². The van der Waals surface area contributed by atoms with Crippen LogP contribution in [-0.2, 0) is 11.3 Å². The molecule has 1 aromatic rings. The molecule has 2 rings (SSSR count). The van der Waals surface area contributed by atoms with Gasteiger partial charge in [-0.15, -0.1) is 24.8 Å². The molecular weight excluding hydrogens is 235 g/mol. The monoisotopic (exact) mass is 250 g/mol. The van der Waals surface area contributed by atoms with E-state index in [1.54, 1.807) is 6.20 Å². The molecule has 0 bridgehead atoms. The predicted molar refractivity (Wildman–Crippen MR) is 64.8 cm³/mol. The largest absolute Gasteiger partial charge is 0.371 e. The van der Waals surface area contributed by atoms with Crippen LogP contribution in [-0.4, -0.2) is 24.2 Å². The van der Waals surface area contributed by atoms with E-state index in [0.29, 0.717) is 12.7 Å². The van der Waals surface area contributed by atoms with Crippen LogP contribution in [0.4, 0.5) is 0 Å². The molecule has 1 aliphatic rings. The van der Waals surface area contributed by atoms with E-state index in [-0.39, 0.29) is 24.8 Å². The van der Waals surface area contributed by atoms with Crippen LogP contribution in [0.1, 0.15) is 12.1 Å². The molecule has 0 aliphatic carbocycles. The zero-order valence-electron chi connectivity index (χ0n) is 8.39. The SMILES string of the molecule is Cl.Cl.c1ccc(COC2CCNC2)nc1. The number of halogens is 2. The average Bonchev–Trinajstić information content (AvgIpc) is 2.69. The Morgan fingerprint density at radius 3 is 2.87 bits per heavy atom. The van der Waals surface area contributed by atoms with Crippen LogP contribution in [0.3, 0.4) is 0 Å². The standard InChI is InChI=1S/C10H14N2O.2ClH/c1-2-5-12-9(3-1)8-13-10-4-6-11-7-10;;/h1-3,5,10-11H,4,6-8H2;2*1H. The molecule has 0 spiro atoms. The summed E-state index contributed by atoms with van der Waals surface area (Å²) in [6, 6.07) is 5.89. The van der Waals surface area contributed by atoms with E-state index in [9.17, 15) is 0 Å². The average molecular weight is 251 g/mol. The molecule has 1 aliphatic heterocycles. The lowest BCUT2D eigenvalue weighted by Gasteiger charge is -2.09. The van der Waals surface area contributed by atoms with Crippen molar-refractivity contribution in [1.29, 1.82) is 0 Å². The predicted octanol–water partition coefficient (Wildman–Crippen LogP) is 1.80. The summed E-state index contributed by atoms with van der Waals surface area (Å²) in [5.74, 6) is 0. The first-order chi connectivity index (χ1) is 6.45. The minimum Gasteiger partial charge on any atom is -0.371 e. The molecule has 1 saturated heterocycles. The summed E-state index contributed by atoms with van der Waals surface area (Å²) in [5.41, 5.74) is 1.01. The van der Waals surface area contributed by atoms with Crippen LogP contribution in [0.25, 0.3) is 0 Å². The van der Waals surface area contributed by atoms with Gasteiger partial charge in [-0.2, -0.15) is 0 Å². The van der Waals surface area contributed by atoms with Crippen molar-refractivity contribution in [2.45, 2.75) is 19.1 Å². The molecule has 1 N–H and O–H groups in total. The van der Waals surface area contributed by atoms with E-state index < -0.39 is 0 Å².